The van der Waals surface area contributed by atoms with Crippen LogP contribution in [0.3, 0.4) is 0 Å². The van der Waals surface area contributed by atoms with Gasteiger partial charge in [0, 0.05) is 6.08 Å². The zero-order chi connectivity index (χ0) is 21.1. The fraction of sp³-hybridized carbons (Fsp3) is 0.118. The van der Waals surface area contributed by atoms with Crippen LogP contribution in [0, 0.1) is 17.5 Å². The average molecular weight is 417 g/mol. The van der Waals surface area contributed by atoms with Crippen LogP contribution in [0.4, 0.5) is 18.9 Å². The lowest BCUT2D eigenvalue weighted by Gasteiger charge is -2.16. The van der Waals surface area contributed by atoms with Gasteiger partial charge in [-0.25, -0.2) is 26.4 Å². The molecule has 0 saturated heterocycles. The molecule has 0 aliphatic heterocycles. The molecular formula is C17H14F3NO6S. The molecule has 0 aliphatic carbocycles. The quantitative estimate of drug-likeness (QED) is 0.531. The second-order valence-corrected chi connectivity index (χ2v) is 6.91. The first-order chi connectivity index (χ1) is 13.1. The van der Waals surface area contributed by atoms with Crippen molar-refractivity contribution in [2.24, 2.45) is 0 Å². The van der Waals surface area contributed by atoms with Gasteiger partial charge in [-0.2, -0.15) is 0 Å². The smallest absolute Gasteiger partial charge is 0.328 e. The molecule has 28 heavy (non-hydrogen) atoms. The SMILES string of the molecule is COc1cc(/C=C/C(=O)O)cc(S(=O)(=O)Nc2ccc(F)c(F)c2F)c1OC. The molecule has 0 fully saturated rings. The van der Waals surface area contributed by atoms with E-state index in [4.69, 9.17) is 14.6 Å². The van der Waals surface area contributed by atoms with E-state index in [1.54, 1.807) is 4.72 Å². The summed E-state index contributed by atoms with van der Waals surface area (Å²) in [6.45, 7) is 0. The van der Waals surface area contributed by atoms with Gasteiger partial charge >= 0.3 is 5.97 Å². The van der Waals surface area contributed by atoms with Crippen molar-refractivity contribution >= 4 is 27.8 Å². The van der Waals surface area contributed by atoms with E-state index in [0.717, 1.165) is 25.3 Å². The first kappa shape index (κ1) is 21.1. The summed E-state index contributed by atoms with van der Waals surface area (Å²) in [6.07, 6.45) is 1.86. The van der Waals surface area contributed by atoms with E-state index in [1.165, 1.54) is 13.2 Å². The molecule has 0 spiro atoms. The number of ether oxygens (including phenoxy) is 2. The molecule has 11 heteroatoms. The molecule has 0 bridgehead atoms. The number of methoxy groups -OCH3 is 2. The van der Waals surface area contributed by atoms with Gasteiger partial charge in [-0.3, -0.25) is 4.72 Å². The Morgan fingerprint density at radius 2 is 1.79 bits per heavy atom. The largest absolute Gasteiger partial charge is 0.493 e. The lowest BCUT2D eigenvalue weighted by Crippen LogP contribution is -2.16. The maximum Gasteiger partial charge on any atom is 0.328 e. The Hall–Kier alpha value is -3.21. The first-order valence-electron chi connectivity index (χ1n) is 7.44. The molecule has 0 unspecified atom stereocenters. The Bertz CT molecular complexity index is 1050. The van der Waals surface area contributed by atoms with Gasteiger partial charge in [0.2, 0.25) is 0 Å². The van der Waals surface area contributed by atoms with Crippen molar-refractivity contribution in [3.05, 3.63) is 53.4 Å². The van der Waals surface area contributed by atoms with Gasteiger partial charge in [0.05, 0.1) is 19.9 Å². The third-order valence-corrected chi connectivity index (χ3v) is 4.83. The number of hydrogen-bond acceptors (Lipinski definition) is 5. The zero-order valence-electron chi connectivity index (χ0n) is 14.5. The van der Waals surface area contributed by atoms with E-state index in [-0.39, 0.29) is 17.1 Å². The highest BCUT2D eigenvalue weighted by molar-refractivity contribution is 7.92. The van der Waals surface area contributed by atoms with Gasteiger partial charge in [-0.15, -0.1) is 0 Å². The molecule has 7 nitrogen and oxygen atoms in total. The van der Waals surface area contributed by atoms with Crippen molar-refractivity contribution in [2.45, 2.75) is 4.90 Å². The van der Waals surface area contributed by atoms with Gasteiger partial charge in [0.1, 0.15) is 4.90 Å². The van der Waals surface area contributed by atoms with E-state index in [1.807, 2.05) is 0 Å². The van der Waals surface area contributed by atoms with Crippen LogP contribution in [0.1, 0.15) is 5.56 Å². The number of benzene rings is 2. The van der Waals surface area contributed by atoms with Crippen LogP contribution in [0.25, 0.3) is 6.08 Å². The van der Waals surface area contributed by atoms with Crippen LogP contribution < -0.4 is 14.2 Å². The first-order valence-corrected chi connectivity index (χ1v) is 8.92. The van der Waals surface area contributed by atoms with Crippen LogP contribution >= 0.6 is 0 Å². The molecule has 2 N–H and O–H groups in total. The van der Waals surface area contributed by atoms with Crippen LogP contribution in [0.5, 0.6) is 11.5 Å². The average Bonchev–Trinajstić information content (AvgIpc) is 2.65. The summed E-state index contributed by atoms with van der Waals surface area (Å²) >= 11 is 0. The van der Waals surface area contributed by atoms with E-state index >= 15 is 0 Å². The highest BCUT2D eigenvalue weighted by atomic mass is 32.2. The highest BCUT2D eigenvalue weighted by Crippen LogP contribution is 2.37. The lowest BCUT2D eigenvalue weighted by atomic mass is 10.2. The van der Waals surface area contributed by atoms with Crippen molar-refractivity contribution in [1.82, 2.24) is 0 Å². The molecule has 0 heterocycles. The second-order valence-electron chi connectivity index (χ2n) is 5.25. The summed E-state index contributed by atoms with van der Waals surface area (Å²) < 4.78 is 77.6. The number of rotatable bonds is 7. The molecule has 0 saturated carbocycles. The zero-order valence-corrected chi connectivity index (χ0v) is 15.3. The molecule has 0 radical (unpaired) electrons. The Balaban J connectivity index is 2.61. The summed E-state index contributed by atoms with van der Waals surface area (Å²) in [6, 6.07) is 3.62. The van der Waals surface area contributed by atoms with Gasteiger partial charge < -0.3 is 14.6 Å². The topological polar surface area (TPSA) is 102 Å². The number of nitrogens with one attached hydrogen (secondary N) is 1. The van der Waals surface area contributed by atoms with E-state index in [2.05, 4.69) is 0 Å². The summed E-state index contributed by atoms with van der Waals surface area (Å²) in [4.78, 5) is 10.2. The normalized spacial score (nSPS) is 11.5. The van der Waals surface area contributed by atoms with Crippen molar-refractivity contribution in [3.63, 3.8) is 0 Å². The fourth-order valence-electron chi connectivity index (χ4n) is 2.22. The third kappa shape index (κ3) is 4.36. The molecule has 0 aromatic heterocycles. The number of carboxylic acid groups (broad SMARTS) is 1. The number of aliphatic carboxylic acids is 1. The van der Waals surface area contributed by atoms with Crippen LogP contribution in [-0.4, -0.2) is 33.7 Å². The highest BCUT2D eigenvalue weighted by Gasteiger charge is 2.26. The number of anilines is 1. The van der Waals surface area contributed by atoms with Crippen molar-refractivity contribution in [3.8, 4) is 11.5 Å². The van der Waals surface area contributed by atoms with Gasteiger partial charge in [-0.1, -0.05) is 0 Å². The van der Waals surface area contributed by atoms with E-state index < -0.39 is 44.0 Å². The Labute approximate surface area is 158 Å². The van der Waals surface area contributed by atoms with Crippen LogP contribution in [-0.2, 0) is 14.8 Å². The third-order valence-electron chi connectivity index (χ3n) is 3.45. The maximum atomic E-state index is 13.9. The van der Waals surface area contributed by atoms with Crippen LogP contribution in [0.2, 0.25) is 0 Å². The minimum atomic E-state index is -4.57. The number of halogens is 3. The van der Waals surface area contributed by atoms with E-state index in [0.29, 0.717) is 12.1 Å². The monoisotopic (exact) mass is 417 g/mol. The Morgan fingerprint density at radius 1 is 1.11 bits per heavy atom. The van der Waals surface area contributed by atoms with Crippen molar-refractivity contribution in [1.29, 1.82) is 0 Å². The number of carbonyl (C=O) groups is 1. The summed E-state index contributed by atoms with van der Waals surface area (Å²) in [5, 5.41) is 8.72. The lowest BCUT2D eigenvalue weighted by molar-refractivity contribution is -0.131. The molecule has 0 atom stereocenters. The summed E-state index contributed by atoms with van der Waals surface area (Å²) in [5.74, 6) is -6.65. The predicted molar refractivity (Wildman–Crippen MR) is 93.3 cm³/mol. The molecule has 150 valence electrons. The Morgan fingerprint density at radius 3 is 2.36 bits per heavy atom. The van der Waals surface area contributed by atoms with Gasteiger partial charge in [0.25, 0.3) is 10.0 Å². The minimum Gasteiger partial charge on any atom is -0.493 e. The second kappa shape index (κ2) is 8.21. The van der Waals surface area contributed by atoms with Gasteiger partial charge in [-0.05, 0) is 35.9 Å². The Kier molecular flexibility index (Phi) is 6.19. The molecule has 2 aromatic carbocycles. The molecular weight excluding hydrogens is 403 g/mol. The standard InChI is InChI=1S/C17H14F3NO6S/c1-26-12-7-9(3-6-14(22)23)8-13(17(12)27-2)28(24,25)21-11-5-4-10(18)15(19)16(11)20/h3-8,21H,1-2H3,(H,22,23)/b6-3+. The molecule has 0 amide bonds. The number of sulfonamides is 1. The predicted octanol–water partition coefficient (Wildman–Crippen LogP) is 3.02. The van der Waals surface area contributed by atoms with Gasteiger partial charge in [0.15, 0.2) is 29.0 Å². The number of carboxylic acids is 1. The summed E-state index contributed by atoms with van der Waals surface area (Å²) in [7, 11) is -2.19. The molecule has 2 aromatic rings. The molecule has 0 aliphatic rings. The summed E-state index contributed by atoms with van der Waals surface area (Å²) in [5.41, 5.74) is -0.711. The van der Waals surface area contributed by atoms with Crippen LogP contribution in [0.15, 0.2) is 35.2 Å². The maximum absolute atomic E-state index is 13.9. The minimum absolute atomic E-state index is 0.0545. The molecule has 2 rings (SSSR count). The fourth-order valence-corrected chi connectivity index (χ4v) is 3.49. The van der Waals surface area contributed by atoms with Crippen molar-refractivity contribution < 1.29 is 41.0 Å². The number of hydrogen-bond donors (Lipinski definition) is 2. The van der Waals surface area contributed by atoms with E-state index in [9.17, 15) is 26.4 Å². The van der Waals surface area contributed by atoms with Crippen molar-refractivity contribution in [2.75, 3.05) is 18.9 Å².